The summed E-state index contributed by atoms with van der Waals surface area (Å²) in [5.41, 5.74) is 3.57. The van der Waals surface area contributed by atoms with E-state index in [1.807, 2.05) is 48.1 Å². The van der Waals surface area contributed by atoms with Crippen LogP contribution < -0.4 is 10.1 Å². The van der Waals surface area contributed by atoms with Gasteiger partial charge in [0, 0.05) is 30.5 Å². The molecule has 0 unspecified atom stereocenters. The van der Waals surface area contributed by atoms with Gasteiger partial charge in [0.2, 0.25) is 0 Å². The smallest absolute Gasteiger partial charge is 0.178 e. The summed E-state index contributed by atoms with van der Waals surface area (Å²) in [4.78, 5) is 4.37. The number of nitrogens with one attached hydrogen (secondary N) is 2. The molecule has 1 fully saturated rings. The van der Waals surface area contributed by atoms with E-state index < -0.39 is 9.84 Å². The third kappa shape index (κ3) is 3.42. The van der Waals surface area contributed by atoms with Crippen molar-refractivity contribution in [2.45, 2.75) is 18.9 Å². The Kier molecular flexibility index (Phi) is 4.20. The van der Waals surface area contributed by atoms with E-state index in [-0.39, 0.29) is 17.6 Å². The SMILES string of the molecule is Cn1cc(OC2CCS(=O)(=O)CC2)c2ccc(Nc3n[nH]c4cccnc34)cc21. The number of anilines is 2. The molecule has 29 heavy (non-hydrogen) atoms. The lowest BCUT2D eigenvalue weighted by Gasteiger charge is -2.22. The first-order valence-electron chi connectivity index (χ1n) is 9.51. The lowest BCUT2D eigenvalue weighted by Crippen LogP contribution is -2.30. The fourth-order valence-corrected chi connectivity index (χ4v) is 5.21. The van der Waals surface area contributed by atoms with Gasteiger partial charge in [-0.1, -0.05) is 0 Å². The molecule has 4 aromatic rings. The molecule has 0 radical (unpaired) electrons. The van der Waals surface area contributed by atoms with Crippen LogP contribution in [0.3, 0.4) is 0 Å². The number of benzene rings is 1. The van der Waals surface area contributed by atoms with Gasteiger partial charge in [0.05, 0.1) is 22.5 Å². The van der Waals surface area contributed by atoms with Crippen molar-refractivity contribution in [3.63, 3.8) is 0 Å². The Morgan fingerprint density at radius 2 is 2.07 bits per heavy atom. The van der Waals surface area contributed by atoms with E-state index in [4.69, 9.17) is 4.74 Å². The largest absolute Gasteiger partial charge is 0.488 e. The maximum absolute atomic E-state index is 11.6. The fourth-order valence-electron chi connectivity index (χ4n) is 3.76. The van der Waals surface area contributed by atoms with Crippen LogP contribution in [-0.2, 0) is 16.9 Å². The van der Waals surface area contributed by atoms with Gasteiger partial charge < -0.3 is 14.6 Å². The van der Waals surface area contributed by atoms with Crippen molar-refractivity contribution in [1.82, 2.24) is 19.7 Å². The van der Waals surface area contributed by atoms with Crippen LogP contribution >= 0.6 is 0 Å². The van der Waals surface area contributed by atoms with E-state index >= 15 is 0 Å². The number of aromatic amines is 1. The zero-order valence-electron chi connectivity index (χ0n) is 15.9. The minimum Gasteiger partial charge on any atom is -0.488 e. The Hall–Kier alpha value is -3.07. The van der Waals surface area contributed by atoms with Crippen molar-refractivity contribution in [3.05, 3.63) is 42.7 Å². The number of aryl methyl sites for hydroxylation is 1. The highest BCUT2D eigenvalue weighted by Gasteiger charge is 2.25. The second kappa shape index (κ2) is 6.77. The van der Waals surface area contributed by atoms with Crippen molar-refractivity contribution < 1.29 is 13.2 Å². The Bertz CT molecular complexity index is 1290. The summed E-state index contributed by atoms with van der Waals surface area (Å²) >= 11 is 0. The zero-order chi connectivity index (χ0) is 20.0. The molecule has 1 aromatic carbocycles. The van der Waals surface area contributed by atoms with E-state index in [0.717, 1.165) is 33.4 Å². The Labute approximate surface area is 167 Å². The zero-order valence-corrected chi connectivity index (χ0v) is 16.7. The molecule has 5 rings (SSSR count). The number of hydrogen-bond acceptors (Lipinski definition) is 6. The molecule has 0 atom stereocenters. The van der Waals surface area contributed by atoms with Crippen LogP contribution in [0.2, 0.25) is 0 Å². The van der Waals surface area contributed by atoms with E-state index in [1.54, 1.807) is 6.20 Å². The number of ether oxygens (including phenoxy) is 1. The summed E-state index contributed by atoms with van der Waals surface area (Å²) in [5.74, 6) is 1.85. The van der Waals surface area contributed by atoms with Crippen LogP contribution in [0.5, 0.6) is 5.75 Å². The molecule has 0 bridgehead atoms. The average Bonchev–Trinajstić information content (AvgIpc) is 3.25. The minimum atomic E-state index is -2.90. The third-order valence-electron chi connectivity index (χ3n) is 5.33. The first kappa shape index (κ1) is 18.0. The molecule has 2 N–H and O–H groups in total. The number of fused-ring (bicyclic) bond motifs is 2. The summed E-state index contributed by atoms with van der Waals surface area (Å²) in [5, 5.41) is 11.6. The number of H-pyrrole nitrogens is 1. The number of nitrogens with zero attached hydrogens (tertiary/aromatic N) is 3. The first-order valence-corrected chi connectivity index (χ1v) is 11.3. The van der Waals surface area contributed by atoms with Gasteiger partial charge in [-0.25, -0.2) is 8.42 Å². The molecule has 0 amide bonds. The quantitative estimate of drug-likeness (QED) is 0.535. The molecule has 1 saturated heterocycles. The third-order valence-corrected chi connectivity index (χ3v) is 7.05. The van der Waals surface area contributed by atoms with Crippen LogP contribution in [0.1, 0.15) is 12.8 Å². The van der Waals surface area contributed by atoms with Crippen LogP contribution in [0, 0.1) is 0 Å². The Morgan fingerprint density at radius 1 is 1.24 bits per heavy atom. The van der Waals surface area contributed by atoms with Gasteiger partial charge in [0.25, 0.3) is 0 Å². The summed E-state index contributed by atoms with van der Waals surface area (Å²) < 4.78 is 31.4. The normalized spacial score (nSPS) is 17.0. The number of aromatic nitrogens is 4. The van der Waals surface area contributed by atoms with E-state index in [0.29, 0.717) is 18.7 Å². The van der Waals surface area contributed by atoms with Gasteiger partial charge in [-0.3, -0.25) is 10.1 Å². The van der Waals surface area contributed by atoms with Gasteiger partial charge in [-0.15, -0.1) is 0 Å². The maximum atomic E-state index is 11.6. The van der Waals surface area contributed by atoms with Crippen LogP contribution in [0.25, 0.3) is 21.9 Å². The van der Waals surface area contributed by atoms with E-state index in [9.17, 15) is 8.42 Å². The summed E-state index contributed by atoms with van der Waals surface area (Å²) in [7, 11) is -0.931. The van der Waals surface area contributed by atoms with Crippen molar-refractivity contribution in [1.29, 1.82) is 0 Å². The van der Waals surface area contributed by atoms with Gasteiger partial charge >= 0.3 is 0 Å². The molecule has 1 aliphatic rings. The molecule has 9 heteroatoms. The Morgan fingerprint density at radius 3 is 2.90 bits per heavy atom. The molecule has 8 nitrogen and oxygen atoms in total. The maximum Gasteiger partial charge on any atom is 0.178 e. The summed E-state index contributed by atoms with van der Waals surface area (Å²) in [6.45, 7) is 0. The van der Waals surface area contributed by atoms with Crippen LogP contribution in [0.4, 0.5) is 11.5 Å². The predicted octanol–water partition coefficient (Wildman–Crippen LogP) is 3.15. The lowest BCUT2D eigenvalue weighted by atomic mass is 10.2. The van der Waals surface area contributed by atoms with Gasteiger partial charge in [-0.2, -0.15) is 5.10 Å². The second-order valence-corrected chi connectivity index (χ2v) is 9.71. The molecule has 4 heterocycles. The molecular formula is C20H21N5O3S. The molecule has 150 valence electrons. The topological polar surface area (TPSA) is 102 Å². The predicted molar refractivity (Wildman–Crippen MR) is 112 cm³/mol. The first-order chi connectivity index (χ1) is 14.0. The summed E-state index contributed by atoms with van der Waals surface area (Å²) in [6, 6.07) is 9.82. The van der Waals surface area contributed by atoms with Crippen molar-refractivity contribution in [2.75, 3.05) is 16.8 Å². The standard InChI is InChI=1S/C20H21N5O3S/c1-25-12-18(28-14-6-9-29(26,27)10-7-14)15-5-4-13(11-17(15)25)22-20-19-16(23-24-20)3-2-8-21-19/h2-5,8,11-12,14H,6-7,9-10H2,1H3,(H2,22,23,24). The second-order valence-electron chi connectivity index (χ2n) is 7.40. The molecule has 0 aliphatic carbocycles. The highest BCUT2D eigenvalue weighted by Crippen LogP contribution is 2.33. The molecule has 0 saturated carbocycles. The highest BCUT2D eigenvalue weighted by molar-refractivity contribution is 7.91. The highest BCUT2D eigenvalue weighted by atomic mass is 32.2. The number of hydrogen-bond donors (Lipinski definition) is 2. The Balaban J connectivity index is 1.40. The van der Waals surface area contributed by atoms with Crippen LogP contribution in [-0.4, -0.2) is 45.8 Å². The van der Waals surface area contributed by atoms with Crippen molar-refractivity contribution in [3.8, 4) is 5.75 Å². The summed E-state index contributed by atoms with van der Waals surface area (Å²) in [6.07, 6.45) is 4.70. The van der Waals surface area contributed by atoms with Gasteiger partial charge in [0.1, 0.15) is 17.4 Å². The molecule has 3 aromatic heterocycles. The van der Waals surface area contributed by atoms with Gasteiger partial charge in [-0.05, 0) is 43.2 Å². The molecule has 0 spiro atoms. The van der Waals surface area contributed by atoms with Crippen molar-refractivity contribution >= 4 is 43.3 Å². The van der Waals surface area contributed by atoms with E-state index in [1.165, 1.54) is 0 Å². The van der Waals surface area contributed by atoms with E-state index in [2.05, 4.69) is 20.5 Å². The number of pyridine rings is 1. The van der Waals surface area contributed by atoms with Crippen LogP contribution in [0.15, 0.2) is 42.7 Å². The minimum absolute atomic E-state index is 0.0663. The lowest BCUT2D eigenvalue weighted by molar-refractivity contribution is 0.192. The fraction of sp³-hybridized carbons (Fsp3) is 0.300. The van der Waals surface area contributed by atoms with Gasteiger partial charge in [0.15, 0.2) is 15.7 Å². The molecule has 1 aliphatic heterocycles. The number of sulfone groups is 1. The molecular weight excluding hydrogens is 390 g/mol. The number of rotatable bonds is 4. The van der Waals surface area contributed by atoms with Crippen molar-refractivity contribution in [2.24, 2.45) is 7.05 Å². The monoisotopic (exact) mass is 411 g/mol. The average molecular weight is 411 g/mol.